The van der Waals surface area contributed by atoms with Crippen LogP contribution in [0.15, 0.2) is 24.3 Å². The second-order valence-corrected chi connectivity index (χ2v) is 6.42. The number of carbonyl (C=O) groups is 2. The minimum atomic E-state index is -0.496. The topological polar surface area (TPSA) is 61.4 Å². The maximum Gasteiger partial charge on any atom is 0.243 e. The average Bonchev–Trinajstić information content (AvgIpc) is 2.56. The molecule has 1 aromatic carbocycles. The molecule has 1 unspecified atom stereocenters. The Morgan fingerprint density at radius 1 is 1.04 bits per heavy atom. The molecule has 0 heterocycles. The van der Waals surface area contributed by atoms with Crippen LogP contribution in [-0.4, -0.2) is 35.8 Å². The number of hydrogen-bond acceptors (Lipinski definition) is 3. The van der Waals surface area contributed by atoms with Gasteiger partial charge in [0.05, 0.1) is 0 Å². The van der Waals surface area contributed by atoms with Crippen molar-refractivity contribution in [3.63, 3.8) is 0 Å². The molecule has 0 saturated carbocycles. The molecule has 134 valence electrons. The van der Waals surface area contributed by atoms with Gasteiger partial charge >= 0.3 is 0 Å². The van der Waals surface area contributed by atoms with Crippen molar-refractivity contribution in [1.82, 2.24) is 15.5 Å². The van der Waals surface area contributed by atoms with Gasteiger partial charge in [-0.05, 0) is 30.1 Å². The van der Waals surface area contributed by atoms with Crippen LogP contribution in [0, 0.1) is 5.92 Å². The van der Waals surface area contributed by atoms with Gasteiger partial charge in [-0.25, -0.2) is 0 Å². The summed E-state index contributed by atoms with van der Waals surface area (Å²) in [5.41, 5.74) is 2.32. The van der Waals surface area contributed by atoms with E-state index in [-0.39, 0.29) is 17.7 Å². The minimum absolute atomic E-state index is 0.0466. The Bertz CT molecular complexity index is 522. The van der Waals surface area contributed by atoms with E-state index in [4.69, 9.17) is 0 Å². The summed E-state index contributed by atoms with van der Waals surface area (Å²) in [4.78, 5) is 25.8. The molecule has 0 aromatic heterocycles. The number of carbonyl (C=O) groups excluding carboxylic acids is 2. The zero-order valence-corrected chi connectivity index (χ0v) is 15.6. The van der Waals surface area contributed by atoms with Crippen LogP contribution < -0.4 is 10.6 Å². The van der Waals surface area contributed by atoms with E-state index in [2.05, 4.69) is 41.5 Å². The summed E-state index contributed by atoms with van der Waals surface area (Å²) in [7, 11) is 0. The third kappa shape index (κ3) is 6.71. The fraction of sp³-hybridized carbons (Fsp3) is 0.579. The first-order valence-corrected chi connectivity index (χ1v) is 8.72. The van der Waals surface area contributed by atoms with Gasteiger partial charge in [0.25, 0.3) is 0 Å². The van der Waals surface area contributed by atoms with Crippen LogP contribution in [0.1, 0.15) is 45.7 Å². The Morgan fingerprint density at radius 2 is 1.58 bits per heavy atom. The SMILES string of the molecule is CCN(CC)Cc1ccc(CNC(=O)C(NC(C)=O)C(C)C)cc1. The molecule has 0 aliphatic carbocycles. The fourth-order valence-electron chi connectivity index (χ4n) is 2.52. The highest BCUT2D eigenvalue weighted by atomic mass is 16.2. The zero-order valence-electron chi connectivity index (χ0n) is 15.6. The van der Waals surface area contributed by atoms with E-state index in [9.17, 15) is 9.59 Å². The van der Waals surface area contributed by atoms with E-state index >= 15 is 0 Å². The largest absolute Gasteiger partial charge is 0.350 e. The summed E-state index contributed by atoms with van der Waals surface area (Å²) in [5, 5.41) is 5.61. The molecule has 1 aromatic rings. The quantitative estimate of drug-likeness (QED) is 0.729. The van der Waals surface area contributed by atoms with Gasteiger partial charge < -0.3 is 10.6 Å². The molecule has 0 fully saturated rings. The Labute approximate surface area is 145 Å². The molecular weight excluding hydrogens is 302 g/mol. The number of rotatable bonds is 9. The van der Waals surface area contributed by atoms with Crippen LogP contribution in [0.2, 0.25) is 0 Å². The summed E-state index contributed by atoms with van der Waals surface area (Å²) in [5.74, 6) is -0.289. The predicted octanol–water partition coefficient (Wildman–Crippen LogP) is 2.31. The second kappa shape index (κ2) is 10.1. The molecule has 0 radical (unpaired) electrons. The molecule has 24 heavy (non-hydrogen) atoms. The number of nitrogens with one attached hydrogen (secondary N) is 2. The fourth-order valence-corrected chi connectivity index (χ4v) is 2.52. The molecule has 0 spiro atoms. The van der Waals surface area contributed by atoms with E-state index in [1.807, 2.05) is 26.0 Å². The summed E-state index contributed by atoms with van der Waals surface area (Å²) in [6, 6.07) is 7.80. The van der Waals surface area contributed by atoms with Gasteiger partial charge in [-0.15, -0.1) is 0 Å². The number of amides is 2. The van der Waals surface area contributed by atoms with Gasteiger partial charge in [0.15, 0.2) is 0 Å². The summed E-state index contributed by atoms with van der Waals surface area (Å²) in [6.45, 7) is 13.1. The number of hydrogen-bond donors (Lipinski definition) is 2. The Kier molecular flexibility index (Phi) is 8.47. The molecule has 5 heteroatoms. The van der Waals surface area contributed by atoms with Crippen molar-refractivity contribution in [1.29, 1.82) is 0 Å². The lowest BCUT2D eigenvalue weighted by Crippen LogP contribution is -2.48. The maximum absolute atomic E-state index is 12.3. The lowest BCUT2D eigenvalue weighted by Gasteiger charge is -2.21. The van der Waals surface area contributed by atoms with Gasteiger partial charge in [0, 0.05) is 20.0 Å². The molecule has 0 aliphatic rings. The first-order chi connectivity index (χ1) is 11.4. The monoisotopic (exact) mass is 333 g/mol. The lowest BCUT2D eigenvalue weighted by atomic mass is 10.0. The van der Waals surface area contributed by atoms with E-state index in [1.54, 1.807) is 0 Å². The number of nitrogens with zero attached hydrogens (tertiary/aromatic N) is 1. The van der Waals surface area contributed by atoms with Gasteiger partial charge in [0.2, 0.25) is 11.8 Å². The van der Waals surface area contributed by atoms with E-state index in [1.165, 1.54) is 12.5 Å². The van der Waals surface area contributed by atoms with Crippen LogP contribution in [0.25, 0.3) is 0 Å². The molecule has 0 saturated heterocycles. The Hall–Kier alpha value is -1.88. The Morgan fingerprint density at radius 3 is 2.04 bits per heavy atom. The van der Waals surface area contributed by atoms with Crippen molar-refractivity contribution >= 4 is 11.8 Å². The van der Waals surface area contributed by atoms with E-state index < -0.39 is 6.04 Å². The smallest absolute Gasteiger partial charge is 0.243 e. The minimum Gasteiger partial charge on any atom is -0.350 e. The zero-order chi connectivity index (χ0) is 18.1. The first-order valence-electron chi connectivity index (χ1n) is 8.72. The van der Waals surface area contributed by atoms with Crippen LogP contribution in [-0.2, 0) is 22.7 Å². The molecule has 1 atom stereocenters. The van der Waals surface area contributed by atoms with Crippen molar-refractivity contribution in [2.75, 3.05) is 13.1 Å². The lowest BCUT2D eigenvalue weighted by molar-refractivity contribution is -0.129. The summed E-state index contributed by atoms with van der Waals surface area (Å²) in [6.07, 6.45) is 0. The van der Waals surface area contributed by atoms with Crippen molar-refractivity contribution in [2.45, 2.75) is 53.8 Å². The molecule has 0 aliphatic heterocycles. The van der Waals surface area contributed by atoms with Crippen LogP contribution in [0.3, 0.4) is 0 Å². The normalized spacial score (nSPS) is 12.3. The molecule has 1 rings (SSSR count). The van der Waals surface area contributed by atoms with E-state index in [0.29, 0.717) is 6.54 Å². The van der Waals surface area contributed by atoms with Crippen LogP contribution >= 0.6 is 0 Å². The molecule has 0 bridgehead atoms. The van der Waals surface area contributed by atoms with Crippen LogP contribution in [0.5, 0.6) is 0 Å². The first kappa shape index (κ1) is 20.2. The summed E-state index contributed by atoms with van der Waals surface area (Å²) < 4.78 is 0. The van der Waals surface area contributed by atoms with Crippen LogP contribution in [0.4, 0.5) is 0 Å². The molecule has 2 amide bonds. The summed E-state index contributed by atoms with van der Waals surface area (Å²) >= 11 is 0. The molecule has 2 N–H and O–H groups in total. The standard InChI is InChI=1S/C19H31N3O2/c1-6-22(7-2)13-17-10-8-16(9-11-17)12-20-19(24)18(14(3)4)21-15(5)23/h8-11,14,18H,6-7,12-13H2,1-5H3,(H,20,24)(H,21,23). The van der Waals surface area contributed by atoms with Crippen molar-refractivity contribution in [3.8, 4) is 0 Å². The molecule has 5 nitrogen and oxygen atoms in total. The highest BCUT2D eigenvalue weighted by Crippen LogP contribution is 2.08. The third-order valence-corrected chi connectivity index (χ3v) is 4.10. The van der Waals surface area contributed by atoms with Gasteiger partial charge in [0.1, 0.15) is 6.04 Å². The van der Waals surface area contributed by atoms with Crippen molar-refractivity contribution in [3.05, 3.63) is 35.4 Å². The van der Waals surface area contributed by atoms with Crippen molar-refractivity contribution < 1.29 is 9.59 Å². The molecular formula is C19H31N3O2. The van der Waals surface area contributed by atoms with Gasteiger partial charge in [-0.3, -0.25) is 14.5 Å². The van der Waals surface area contributed by atoms with E-state index in [0.717, 1.165) is 25.2 Å². The van der Waals surface area contributed by atoms with Crippen molar-refractivity contribution in [2.24, 2.45) is 5.92 Å². The predicted molar refractivity (Wildman–Crippen MR) is 97.4 cm³/mol. The van der Waals surface area contributed by atoms with Gasteiger partial charge in [-0.2, -0.15) is 0 Å². The average molecular weight is 333 g/mol. The third-order valence-electron chi connectivity index (χ3n) is 4.10. The second-order valence-electron chi connectivity index (χ2n) is 6.42. The highest BCUT2D eigenvalue weighted by Gasteiger charge is 2.22. The maximum atomic E-state index is 12.3. The number of benzene rings is 1. The Balaban J connectivity index is 2.57. The van der Waals surface area contributed by atoms with Gasteiger partial charge in [-0.1, -0.05) is 52.0 Å². The highest BCUT2D eigenvalue weighted by molar-refractivity contribution is 5.86.